The Labute approximate surface area is 106 Å². The molecule has 1 aromatic carbocycles. The van der Waals surface area contributed by atoms with E-state index in [-0.39, 0.29) is 0 Å². The van der Waals surface area contributed by atoms with Crippen molar-refractivity contribution in [2.24, 2.45) is 0 Å². The van der Waals surface area contributed by atoms with Crippen LogP contribution in [0.4, 0.5) is 0 Å². The van der Waals surface area contributed by atoms with E-state index in [0.29, 0.717) is 11.7 Å². The summed E-state index contributed by atoms with van der Waals surface area (Å²) < 4.78 is 1.08. The number of nitrogens with one attached hydrogen (secondary N) is 1. The lowest BCUT2D eigenvalue weighted by Crippen LogP contribution is -2.12. The highest BCUT2D eigenvalue weighted by Crippen LogP contribution is 2.35. The standard InChI is InChI=1S/C13H20BrNO/c1-8(2)11-7-12(14)9(3)10(13(11)16)5-6-15-4/h7-8,15-16H,5-6H2,1-4H3. The maximum atomic E-state index is 10.2. The maximum Gasteiger partial charge on any atom is 0.122 e. The summed E-state index contributed by atoms with van der Waals surface area (Å²) in [6.07, 6.45) is 0.854. The minimum Gasteiger partial charge on any atom is -0.507 e. The predicted octanol–water partition coefficient (Wildman–Crippen LogP) is 3.35. The molecule has 3 heteroatoms. The Hall–Kier alpha value is -0.540. The highest BCUT2D eigenvalue weighted by atomic mass is 79.9. The predicted molar refractivity (Wildman–Crippen MR) is 72.3 cm³/mol. The fourth-order valence-corrected chi connectivity index (χ4v) is 2.29. The number of phenols is 1. The SMILES string of the molecule is CNCCc1c(C)c(Br)cc(C(C)C)c1O. The average Bonchev–Trinajstić information content (AvgIpc) is 2.23. The third-order valence-corrected chi connectivity index (χ3v) is 3.72. The first-order chi connectivity index (χ1) is 7.49. The minimum absolute atomic E-state index is 0.338. The third-order valence-electron chi connectivity index (χ3n) is 2.90. The first-order valence-electron chi connectivity index (χ1n) is 5.64. The van der Waals surface area contributed by atoms with E-state index in [1.54, 1.807) is 0 Å². The van der Waals surface area contributed by atoms with Crippen molar-refractivity contribution in [1.82, 2.24) is 5.32 Å². The zero-order valence-corrected chi connectivity index (χ0v) is 12.0. The minimum atomic E-state index is 0.338. The number of benzene rings is 1. The number of phenolic OH excluding ortho intramolecular Hbond substituents is 1. The molecule has 0 aromatic heterocycles. The zero-order valence-electron chi connectivity index (χ0n) is 10.4. The van der Waals surface area contributed by atoms with Gasteiger partial charge < -0.3 is 10.4 Å². The Balaban J connectivity index is 3.22. The van der Waals surface area contributed by atoms with Gasteiger partial charge in [-0.25, -0.2) is 0 Å². The molecule has 0 heterocycles. The van der Waals surface area contributed by atoms with Crippen LogP contribution in [-0.2, 0) is 6.42 Å². The fourth-order valence-electron chi connectivity index (χ4n) is 1.81. The Morgan fingerprint density at radius 3 is 2.56 bits per heavy atom. The molecule has 0 saturated carbocycles. The molecule has 90 valence electrons. The average molecular weight is 286 g/mol. The van der Waals surface area contributed by atoms with Gasteiger partial charge >= 0.3 is 0 Å². The van der Waals surface area contributed by atoms with Crippen LogP contribution in [0.25, 0.3) is 0 Å². The van der Waals surface area contributed by atoms with Crippen LogP contribution in [0.1, 0.15) is 36.5 Å². The van der Waals surface area contributed by atoms with Crippen LogP contribution in [0, 0.1) is 6.92 Å². The molecule has 0 atom stereocenters. The first kappa shape index (κ1) is 13.5. The summed E-state index contributed by atoms with van der Waals surface area (Å²) >= 11 is 3.56. The molecule has 1 aromatic rings. The highest BCUT2D eigenvalue weighted by Gasteiger charge is 2.15. The lowest BCUT2D eigenvalue weighted by atomic mass is 9.94. The summed E-state index contributed by atoms with van der Waals surface area (Å²) in [5.74, 6) is 0.802. The molecule has 2 N–H and O–H groups in total. The van der Waals surface area contributed by atoms with Crippen molar-refractivity contribution in [3.63, 3.8) is 0 Å². The normalized spacial score (nSPS) is 11.1. The monoisotopic (exact) mass is 285 g/mol. The quantitative estimate of drug-likeness (QED) is 0.889. The largest absolute Gasteiger partial charge is 0.507 e. The fraction of sp³-hybridized carbons (Fsp3) is 0.538. The van der Waals surface area contributed by atoms with Crippen LogP contribution in [-0.4, -0.2) is 18.7 Å². The molecule has 0 unspecified atom stereocenters. The maximum absolute atomic E-state index is 10.2. The molecule has 0 fully saturated rings. The Morgan fingerprint density at radius 1 is 1.44 bits per heavy atom. The molecule has 0 aliphatic carbocycles. The molecule has 16 heavy (non-hydrogen) atoms. The highest BCUT2D eigenvalue weighted by molar-refractivity contribution is 9.10. The van der Waals surface area contributed by atoms with E-state index in [2.05, 4.69) is 35.1 Å². The molecular weight excluding hydrogens is 266 g/mol. The molecule has 0 bridgehead atoms. The number of hydrogen-bond donors (Lipinski definition) is 2. The molecular formula is C13H20BrNO. The smallest absolute Gasteiger partial charge is 0.122 e. The first-order valence-corrected chi connectivity index (χ1v) is 6.43. The Kier molecular flexibility index (Phi) is 4.81. The van der Waals surface area contributed by atoms with Gasteiger partial charge in [-0.15, -0.1) is 0 Å². The molecule has 2 nitrogen and oxygen atoms in total. The van der Waals surface area contributed by atoms with Crippen LogP contribution in [0.15, 0.2) is 10.5 Å². The second-order valence-corrected chi connectivity index (χ2v) is 5.26. The van der Waals surface area contributed by atoms with Crippen molar-refractivity contribution in [2.45, 2.75) is 33.1 Å². The van der Waals surface area contributed by atoms with Gasteiger partial charge in [0.15, 0.2) is 0 Å². The molecule has 0 aliphatic rings. The van der Waals surface area contributed by atoms with E-state index in [0.717, 1.165) is 34.1 Å². The van der Waals surface area contributed by atoms with Gasteiger partial charge in [0.1, 0.15) is 5.75 Å². The third kappa shape index (κ3) is 2.77. The molecule has 0 radical (unpaired) electrons. The number of aromatic hydroxyl groups is 1. The lowest BCUT2D eigenvalue weighted by molar-refractivity contribution is 0.456. The van der Waals surface area contributed by atoms with E-state index >= 15 is 0 Å². The van der Waals surface area contributed by atoms with Gasteiger partial charge in [-0.1, -0.05) is 29.8 Å². The number of rotatable bonds is 4. The van der Waals surface area contributed by atoms with Crippen LogP contribution < -0.4 is 5.32 Å². The van der Waals surface area contributed by atoms with E-state index in [1.807, 2.05) is 20.0 Å². The van der Waals surface area contributed by atoms with E-state index in [9.17, 15) is 5.11 Å². The zero-order chi connectivity index (χ0) is 12.3. The van der Waals surface area contributed by atoms with Crippen molar-refractivity contribution < 1.29 is 5.11 Å². The van der Waals surface area contributed by atoms with Crippen molar-refractivity contribution >= 4 is 15.9 Å². The van der Waals surface area contributed by atoms with Gasteiger partial charge in [0.2, 0.25) is 0 Å². The van der Waals surface area contributed by atoms with E-state index in [4.69, 9.17) is 0 Å². The van der Waals surface area contributed by atoms with Gasteiger partial charge in [-0.05, 0) is 55.6 Å². The Morgan fingerprint density at radius 2 is 2.06 bits per heavy atom. The van der Waals surface area contributed by atoms with Crippen LogP contribution >= 0.6 is 15.9 Å². The summed E-state index contributed by atoms with van der Waals surface area (Å²) in [5, 5.41) is 13.4. The topological polar surface area (TPSA) is 32.3 Å². The molecule has 1 rings (SSSR count). The summed E-state index contributed by atoms with van der Waals surface area (Å²) in [4.78, 5) is 0. The summed E-state index contributed by atoms with van der Waals surface area (Å²) in [5.41, 5.74) is 3.20. The number of halogens is 1. The van der Waals surface area contributed by atoms with Crippen molar-refractivity contribution in [1.29, 1.82) is 0 Å². The molecule has 0 aliphatic heterocycles. The van der Waals surface area contributed by atoms with Crippen molar-refractivity contribution in [3.8, 4) is 5.75 Å². The molecule has 0 amide bonds. The van der Waals surface area contributed by atoms with Gasteiger partial charge in [0.25, 0.3) is 0 Å². The van der Waals surface area contributed by atoms with Gasteiger partial charge in [-0.3, -0.25) is 0 Å². The van der Waals surface area contributed by atoms with Crippen LogP contribution in [0.5, 0.6) is 5.75 Å². The number of hydrogen-bond acceptors (Lipinski definition) is 2. The van der Waals surface area contributed by atoms with E-state index < -0.39 is 0 Å². The van der Waals surface area contributed by atoms with Gasteiger partial charge in [0.05, 0.1) is 0 Å². The van der Waals surface area contributed by atoms with Crippen LogP contribution in [0.3, 0.4) is 0 Å². The van der Waals surface area contributed by atoms with Gasteiger partial charge in [-0.2, -0.15) is 0 Å². The van der Waals surface area contributed by atoms with Gasteiger partial charge in [0, 0.05) is 4.47 Å². The summed E-state index contributed by atoms with van der Waals surface area (Å²) in [6, 6.07) is 2.03. The second-order valence-electron chi connectivity index (χ2n) is 4.41. The van der Waals surface area contributed by atoms with E-state index in [1.165, 1.54) is 0 Å². The Bertz CT molecular complexity index is 375. The van der Waals surface area contributed by atoms with Crippen molar-refractivity contribution in [3.05, 3.63) is 27.2 Å². The summed E-state index contributed by atoms with van der Waals surface area (Å²) in [7, 11) is 1.92. The molecule has 0 saturated heterocycles. The lowest BCUT2D eigenvalue weighted by Gasteiger charge is -2.16. The molecule has 0 spiro atoms. The van der Waals surface area contributed by atoms with Crippen LogP contribution in [0.2, 0.25) is 0 Å². The summed E-state index contributed by atoms with van der Waals surface area (Å²) in [6.45, 7) is 7.11. The number of likely N-dealkylation sites (N-methyl/N-ethyl adjacent to an activating group) is 1. The van der Waals surface area contributed by atoms with Crippen molar-refractivity contribution in [2.75, 3.05) is 13.6 Å². The second kappa shape index (κ2) is 5.69.